The van der Waals surface area contributed by atoms with Crippen LogP contribution in [-0.2, 0) is 13.1 Å². The Bertz CT molecular complexity index is 887. The molecule has 140 valence electrons. The van der Waals surface area contributed by atoms with Crippen LogP contribution in [0.1, 0.15) is 16.7 Å². The van der Waals surface area contributed by atoms with Crippen LogP contribution in [0, 0.1) is 6.92 Å². The molecule has 0 aliphatic carbocycles. The maximum atomic E-state index is 5.45. The van der Waals surface area contributed by atoms with Crippen molar-refractivity contribution < 1.29 is 4.74 Å². The molecule has 0 bridgehead atoms. The molecular weight excluding hydrogens is 340 g/mol. The summed E-state index contributed by atoms with van der Waals surface area (Å²) in [5.41, 5.74) is 4.38. The predicted octanol–water partition coefficient (Wildman–Crippen LogP) is 2.45. The van der Waals surface area contributed by atoms with Crippen molar-refractivity contribution in [2.45, 2.75) is 20.0 Å². The Morgan fingerprint density at radius 2 is 1.89 bits per heavy atom. The Balaban J connectivity index is 1.55. The Kier molecular flexibility index (Phi) is 6.04. The zero-order valence-electron chi connectivity index (χ0n) is 15.8. The smallest absolute Gasteiger partial charge is 0.191 e. The molecule has 2 N–H and O–H groups in total. The van der Waals surface area contributed by atoms with Gasteiger partial charge in [-0.15, -0.1) is 0 Å². The number of hydrogen-bond donors (Lipinski definition) is 2. The molecule has 0 unspecified atom stereocenters. The standard InChI is InChI=1S/C20H24N6O/c1-15-4-7-17(19(10-15)27-3)12-24-20(21-2)23-11-16-5-8-18(9-6-16)26-14-22-13-25-26/h4-10,13-14H,11-12H2,1-3H3,(H2,21,23,24). The fourth-order valence-corrected chi connectivity index (χ4v) is 2.69. The molecule has 0 radical (unpaired) electrons. The van der Waals surface area contributed by atoms with Crippen molar-refractivity contribution in [3.63, 3.8) is 0 Å². The number of aliphatic imine (C=N–C) groups is 1. The minimum atomic E-state index is 0.633. The van der Waals surface area contributed by atoms with E-state index in [1.807, 2.05) is 25.1 Å². The summed E-state index contributed by atoms with van der Waals surface area (Å²) in [4.78, 5) is 8.24. The summed E-state index contributed by atoms with van der Waals surface area (Å²) in [6.07, 6.45) is 3.20. The van der Waals surface area contributed by atoms with Crippen molar-refractivity contribution >= 4 is 5.96 Å². The van der Waals surface area contributed by atoms with Crippen LogP contribution in [0.3, 0.4) is 0 Å². The molecule has 2 aromatic carbocycles. The number of nitrogens with zero attached hydrogens (tertiary/aromatic N) is 4. The van der Waals surface area contributed by atoms with Gasteiger partial charge in [-0.2, -0.15) is 5.10 Å². The van der Waals surface area contributed by atoms with Gasteiger partial charge in [0.15, 0.2) is 5.96 Å². The summed E-state index contributed by atoms with van der Waals surface area (Å²) in [5, 5.41) is 10.8. The van der Waals surface area contributed by atoms with Crippen molar-refractivity contribution in [2.75, 3.05) is 14.2 Å². The van der Waals surface area contributed by atoms with Gasteiger partial charge in [0.05, 0.1) is 12.8 Å². The number of benzene rings is 2. The van der Waals surface area contributed by atoms with Crippen molar-refractivity contribution in [3.8, 4) is 11.4 Å². The highest BCUT2D eigenvalue weighted by atomic mass is 16.5. The summed E-state index contributed by atoms with van der Waals surface area (Å²) in [7, 11) is 3.45. The Labute approximate surface area is 159 Å². The van der Waals surface area contributed by atoms with Gasteiger partial charge in [0.1, 0.15) is 18.4 Å². The summed E-state index contributed by atoms with van der Waals surface area (Å²) in [5.74, 6) is 1.61. The quantitative estimate of drug-likeness (QED) is 0.519. The maximum absolute atomic E-state index is 5.45. The molecule has 0 fully saturated rings. The van der Waals surface area contributed by atoms with Crippen LogP contribution in [0.25, 0.3) is 5.69 Å². The van der Waals surface area contributed by atoms with Gasteiger partial charge in [0.2, 0.25) is 0 Å². The summed E-state index contributed by atoms with van der Waals surface area (Å²) in [6, 6.07) is 14.3. The SMILES string of the molecule is CN=C(NCc1ccc(-n2cncn2)cc1)NCc1ccc(C)cc1OC. The third kappa shape index (κ3) is 4.84. The highest BCUT2D eigenvalue weighted by Crippen LogP contribution is 2.19. The fraction of sp³-hybridized carbons (Fsp3) is 0.250. The first-order valence-corrected chi connectivity index (χ1v) is 8.71. The number of rotatable bonds is 6. The third-order valence-electron chi connectivity index (χ3n) is 4.19. The number of aryl methyl sites for hydroxylation is 1. The van der Waals surface area contributed by atoms with Gasteiger partial charge in [-0.25, -0.2) is 9.67 Å². The minimum absolute atomic E-state index is 0.633. The zero-order valence-corrected chi connectivity index (χ0v) is 15.8. The van der Waals surface area contributed by atoms with Gasteiger partial charge in [-0.1, -0.05) is 24.3 Å². The second-order valence-electron chi connectivity index (χ2n) is 6.10. The van der Waals surface area contributed by atoms with E-state index in [1.54, 1.807) is 25.2 Å². The lowest BCUT2D eigenvalue weighted by Crippen LogP contribution is -2.36. The first kappa shape index (κ1) is 18.4. The molecule has 0 aliphatic heterocycles. The molecule has 1 heterocycles. The lowest BCUT2D eigenvalue weighted by molar-refractivity contribution is 0.408. The van der Waals surface area contributed by atoms with E-state index in [0.29, 0.717) is 13.1 Å². The van der Waals surface area contributed by atoms with E-state index in [4.69, 9.17) is 4.74 Å². The van der Waals surface area contributed by atoms with Crippen LogP contribution in [0.5, 0.6) is 5.75 Å². The zero-order chi connectivity index (χ0) is 19.1. The van der Waals surface area contributed by atoms with E-state index in [0.717, 1.165) is 28.5 Å². The minimum Gasteiger partial charge on any atom is -0.496 e. The van der Waals surface area contributed by atoms with Crippen molar-refractivity contribution in [3.05, 3.63) is 71.8 Å². The van der Waals surface area contributed by atoms with Crippen LogP contribution in [0.2, 0.25) is 0 Å². The average Bonchev–Trinajstić information content (AvgIpc) is 3.24. The van der Waals surface area contributed by atoms with Crippen LogP contribution in [0.4, 0.5) is 0 Å². The summed E-state index contributed by atoms with van der Waals surface area (Å²) < 4.78 is 7.18. The van der Waals surface area contributed by atoms with E-state index >= 15 is 0 Å². The average molecular weight is 364 g/mol. The molecule has 1 aromatic heterocycles. The first-order chi connectivity index (χ1) is 13.2. The van der Waals surface area contributed by atoms with Gasteiger partial charge >= 0.3 is 0 Å². The highest BCUT2D eigenvalue weighted by Gasteiger charge is 2.05. The van der Waals surface area contributed by atoms with E-state index in [9.17, 15) is 0 Å². The number of ether oxygens (including phenoxy) is 1. The maximum Gasteiger partial charge on any atom is 0.191 e. The molecule has 7 nitrogen and oxygen atoms in total. The van der Waals surface area contributed by atoms with Gasteiger partial charge in [0.25, 0.3) is 0 Å². The monoisotopic (exact) mass is 364 g/mol. The van der Waals surface area contributed by atoms with Crippen LogP contribution in [0.15, 0.2) is 60.1 Å². The summed E-state index contributed by atoms with van der Waals surface area (Å²) >= 11 is 0. The van der Waals surface area contributed by atoms with Gasteiger partial charge in [-0.3, -0.25) is 4.99 Å². The molecule has 3 aromatic rings. The molecule has 27 heavy (non-hydrogen) atoms. The molecule has 0 aliphatic rings. The predicted molar refractivity (Wildman–Crippen MR) is 106 cm³/mol. The van der Waals surface area contributed by atoms with Gasteiger partial charge in [-0.05, 0) is 36.2 Å². The molecule has 0 atom stereocenters. The van der Waals surface area contributed by atoms with Crippen molar-refractivity contribution in [1.82, 2.24) is 25.4 Å². The largest absolute Gasteiger partial charge is 0.496 e. The second-order valence-corrected chi connectivity index (χ2v) is 6.10. The Morgan fingerprint density at radius 1 is 1.11 bits per heavy atom. The fourth-order valence-electron chi connectivity index (χ4n) is 2.69. The molecule has 7 heteroatoms. The second kappa shape index (κ2) is 8.84. The number of methoxy groups -OCH3 is 1. The lowest BCUT2D eigenvalue weighted by Gasteiger charge is -2.14. The highest BCUT2D eigenvalue weighted by molar-refractivity contribution is 5.79. The van der Waals surface area contributed by atoms with Gasteiger partial charge in [0, 0.05) is 25.7 Å². The van der Waals surface area contributed by atoms with Crippen molar-refractivity contribution in [1.29, 1.82) is 0 Å². The Hall–Kier alpha value is -3.35. The van der Waals surface area contributed by atoms with Crippen molar-refractivity contribution in [2.24, 2.45) is 4.99 Å². The number of aromatic nitrogens is 3. The van der Waals surface area contributed by atoms with E-state index in [-0.39, 0.29) is 0 Å². The third-order valence-corrected chi connectivity index (χ3v) is 4.19. The van der Waals surface area contributed by atoms with E-state index in [2.05, 4.69) is 50.0 Å². The lowest BCUT2D eigenvalue weighted by atomic mass is 10.1. The molecule has 0 spiro atoms. The number of nitrogens with one attached hydrogen (secondary N) is 2. The van der Waals surface area contributed by atoms with Crippen LogP contribution in [-0.4, -0.2) is 34.9 Å². The number of guanidine groups is 1. The topological polar surface area (TPSA) is 76.4 Å². The molecule has 0 saturated heterocycles. The van der Waals surface area contributed by atoms with E-state index in [1.165, 1.54) is 11.9 Å². The Morgan fingerprint density at radius 3 is 2.56 bits per heavy atom. The molecule has 3 rings (SSSR count). The molecular formula is C20H24N6O. The first-order valence-electron chi connectivity index (χ1n) is 8.71. The van der Waals surface area contributed by atoms with E-state index < -0.39 is 0 Å². The van der Waals surface area contributed by atoms with Crippen LogP contribution < -0.4 is 15.4 Å². The van der Waals surface area contributed by atoms with Gasteiger partial charge < -0.3 is 15.4 Å². The summed E-state index contributed by atoms with van der Waals surface area (Å²) in [6.45, 7) is 3.35. The molecule has 0 saturated carbocycles. The number of hydrogen-bond acceptors (Lipinski definition) is 4. The molecule has 0 amide bonds. The normalized spacial score (nSPS) is 11.3. The van der Waals surface area contributed by atoms with Crippen LogP contribution >= 0.6 is 0 Å².